The second kappa shape index (κ2) is 4.20. The van der Waals surface area contributed by atoms with E-state index in [2.05, 4.69) is 12.2 Å². The van der Waals surface area contributed by atoms with Gasteiger partial charge in [0.25, 0.3) is 0 Å². The number of allylic oxidation sites excluding steroid dienone is 2. The van der Waals surface area contributed by atoms with E-state index in [1.54, 1.807) is 31.4 Å². The SMILES string of the molecule is COc1ccc(N2C(=O)CC3(CC4C=CC3C4)C2=O)cc1. The molecular formula is C17H17NO3. The average molecular weight is 283 g/mol. The van der Waals surface area contributed by atoms with Crippen molar-refractivity contribution in [3.8, 4) is 5.75 Å². The van der Waals surface area contributed by atoms with Crippen LogP contribution in [0.25, 0.3) is 0 Å². The van der Waals surface area contributed by atoms with Crippen molar-refractivity contribution >= 4 is 17.5 Å². The van der Waals surface area contributed by atoms with Crippen LogP contribution in [0.5, 0.6) is 5.75 Å². The van der Waals surface area contributed by atoms with Crippen LogP contribution >= 0.6 is 0 Å². The Morgan fingerprint density at radius 3 is 2.52 bits per heavy atom. The summed E-state index contributed by atoms with van der Waals surface area (Å²) in [5, 5.41) is 0. The highest BCUT2D eigenvalue weighted by atomic mass is 16.5. The van der Waals surface area contributed by atoms with Gasteiger partial charge in [0.1, 0.15) is 5.75 Å². The van der Waals surface area contributed by atoms with Crippen molar-refractivity contribution < 1.29 is 14.3 Å². The minimum absolute atomic E-state index is 0.0190. The lowest BCUT2D eigenvalue weighted by molar-refractivity contribution is -0.126. The minimum Gasteiger partial charge on any atom is -0.497 e. The van der Waals surface area contributed by atoms with Crippen LogP contribution in [0.4, 0.5) is 5.69 Å². The van der Waals surface area contributed by atoms with Crippen LogP contribution < -0.4 is 9.64 Å². The van der Waals surface area contributed by atoms with Crippen LogP contribution in [0.15, 0.2) is 36.4 Å². The van der Waals surface area contributed by atoms with Gasteiger partial charge in [0.2, 0.25) is 11.8 Å². The number of hydrogen-bond acceptors (Lipinski definition) is 3. The number of carbonyl (C=O) groups is 2. The Kier molecular flexibility index (Phi) is 2.52. The van der Waals surface area contributed by atoms with Crippen molar-refractivity contribution in [1.82, 2.24) is 0 Å². The molecule has 21 heavy (non-hydrogen) atoms. The second-order valence-electron chi connectivity index (χ2n) is 6.26. The molecule has 2 bridgehead atoms. The molecule has 0 aromatic heterocycles. The lowest BCUT2D eigenvalue weighted by atomic mass is 9.74. The number of nitrogens with zero attached hydrogens (tertiary/aromatic N) is 1. The third-order valence-corrected chi connectivity index (χ3v) is 5.18. The lowest BCUT2D eigenvalue weighted by Gasteiger charge is -2.28. The molecule has 1 aliphatic heterocycles. The summed E-state index contributed by atoms with van der Waals surface area (Å²) < 4.78 is 5.12. The molecule has 0 radical (unpaired) electrons. The van der Waals surface area contributed by atoms with Crippen molar-refractivity contribution in [1.29, 1.82) is 0 Å². The van der Waals surface area contributed by atoms with Gasteiger partial charge in [-0.25, -0.2) is 0 Å². The van der Waals surface area contributed by atoms with E-state index in [1.165, 1.54) is 4.90 Å². The molecule has 3 atom stereocenters. The zero-order chi connectivity index (χ0) is 14.6. The monoisotopic (exact) mass is 283 g/mol. The maximum absolute atomic E-state index is 12.9. The number of benzene rings is 1. The minimum atomic E-state index is -0.476. The van der Waals surface area contributed by atoms with Gasteiger partial charge in [-0.05, 0) is 48.9 Å². The van der Waals surface area contributed by atoms with E-state index < -0.39 is 5.41 Å². The number of hydrogen-bond donors (Lipinski definition) is 0. The fourth-order valence-corrected chi connectivity index (χ4v) is 4.16. The third kappa shape index (κ3) is 1.62. The smallest absolute Gasteiger partial charge is 0.241 e. The predicted molar refractivity (Wildman–Crippen MR) is 77.9 cm³/mol. The molecule has 3 aliphatic rings. The van der Waals surface area contributed by atoms with Gasteiger partial charge in [0.05, 0.1) is 18.2 Å². The van der Waals surface area contributed by atoms with E-state index in [1.807, 2.05) is 0 Å². The summed E-state index contributed by atoms with van der Waals surface area (Å²) in [6.45, 7) is 0. The van der Waals surface area contributed by atoms with Crippen LogP contribution in [0.2, 0.25) is 0 Å². The van der Waals surface area contributed by atoms with Crippen LogP contribution in [0, 0.1) is 17.3 Å². The average Bonchev–Trinajstić information content (AvgIpc) is 3.14. The number of rotatable bonds is 2. The second-order valence-corrected chi connectivity index (χ2v) is 6.26. The van der Waals surface area contributed by atoms with Crippen molar-refractivity contribution in [3.05, 3.63) is 36.4 Å². The number of amides is 2. The van der Waals surface area contributed by atoms with Gasteiger partial charge in [0.15, 0.2) is 0 Å². The van der Waals surface area contributed by atoms with E-state index in [4.69, 9.17) is 4.74 Å². The molecule has 1 saturated carbocycles. The molecule has 0 N–H and O–H groups in total. The molecule has 4 heteroatoms. The van der Waals surface area contributed by atoms with Gasteiger partial charge >= 0.3 is 0 Å². The van der Waals surface area contributed by atoms with Gasteiger partial charge < -0.3 is 4.74 Å². The summed E-state index contributed by atoms with van der Waals surface area (Å²) in [7, 11) is 1.59. The molecule has 1 aromatic rings. The Bertz CT molecular complexity index is 649. The van der Waals surface area contributed by atoms with E-state index in [0.717, 1.165) is 18.6 Å². The molecule has 1 heterocycles. The summed E-state index contributed by atoms with van der Waals surface area (Å²) in [6.07, 6.45) is 6.53. The Balaban J connectivity index is 1.69. The van der Waals surface area contributed by atoms with E-state index in [9.17, 15) is 9.59 Å². The van der Waals surface area contributed by atoms with Gasteiger partial charge in [-0.3, -0.25) is 14.5 Å². The third-order valence-electron chi connectivity index (χ3n) is 5.18. The van der Waals surface area contributed by atoms with Crippen molar-refractivity contribution in [2.45, 2.75) is 19.3 Å². The summed E-state index contributed by atoms with van der Waals surface area (Å²) in [5.74, 6) is 1.33. The van der Waals surface area contributed by atoms with Crippen LogP contribution in [0.3, 0.4) is 0 Å². The first-order chi connectivity index (χ1) is 10.1. The molecule has 1 saturated heterocycles. The summed E-state index contributed by atoms with van der Waals surface area (Å²) in [4.78, 5) is 26.7. The first-order valence-corrected chi connectivity index (χ1v) is 7.34. The fourth-order valence-electron chi connectivity index (χ4n) is 4.16. The Labute approximate surface area is 123 Å². The Morgan fingerprint density at radius 1 is 1.19 bits per heavy atom. The van der Waals surface area contributed by atoms with E-state index in [-0.39, 0.29) is 17.7 Å². The zero-order valence-corrected chi connectivity index (χ0v) is 11.9. The fraction of sp³-hybridized carbons (Fsp3) is 0.412. The van der Waals surface area contributed by atoms with Crippen LogP contribution in [-0.4, -0.2) is 18.9 Å². The highest BCUT2D eigenvalue weighted by Gasteiger charge is 2.60. The molecule has 1 spiro atoms. The van der Waals surface area contributed by atoms with Gasteiger partial charge in [-0.2, -0.15) is 0 Å². The zero-order valence-electron chi connectivity index (χ0n) is 11.9. The summed E-state index contributed by atoms with van der Waals surface area (Å²) in [6, 6.07) is 7.11. The summed E-state index contributed by atoms with van der Waals surface area (Å²) in [5.41, 5.74) is 0.172. The molecule has 1 aromatic carbocycles. The van der Waals surface area contributed by atoms with Crippen molar-refractivity contribution in [3.63, 3.8) is 0 Å². The number of ether oxygens (including phenoxy) is 1. The molecule has 2 amide bonds. The number of methoxy groups -OCH3 is 1. The van der Waals surface area contributed by atoms with Gasteiger partial charge in [0, 0.05) is 6.42 Å². The first kappa shape index (κ1) is 12.6. The number of anilines is 1. The van der Waals surface area contributed by atoms with Crippen molar-refractivity contribution in [2.24, 2.45) is 17.3 Å². The first-order valence-electron chi connectivity index (χ1n) is 7.34. The quantitative estimate of drug-likeness (QED) is 0.619. The van der Waals surface area contributed by atoms with Crippen molar-refractivity contribution in [2.75, 3.05) is 12.0 Å². The molecule has 2 aliphatic carbocycles. The number of fused-ring (bicyclic) bond motifs is 3. The topological polar surface area (TPSA) is 46.6 Å². The Hall–Kier alpha value is -2.10. The maximum Gasteiger partial charge on any atom is 0.241 e. The predicted octanol–water partition coefficient (Wildman–Crippen LogP) is 2.54. The molecule has 2 fully saturated rings. The molecule has 4 nitrogen and oxygen atoms in total. The number of carbonyl (C=O) groups excluding carboxylic acids is 2. The molecule has 4 rings (SSSR count). The van der Waals surface area contributed by atoms with E-state index >= 15 is 0 Å². The molecular weight excluding hydrogens is 266 g/mol. The molecule has 3 unspecified atom stereocenters. The lowest BCUT2D eigenvalue weighted by Crippen LogP contribution is -2.38. The molecule has 108 valence electrons. The largest absolute Gasteiger partial charge is 0.497 e. The van der Waals surface area contributed by atoms with Crippen LogP contribution in [0.1, 0.15) is 19.3 Å². The van der Waals surface area contributed by atoms with Gasteiger partial charge in [-0.15, -0.1) is 0 Å². The van der Waals surface area contributed by atoms with Gasteiger partial charge in [-0.1, -0.05) is 12.2 Å². The normalized spacial score (nSPS) is 33.5. The highest BCUT2D eigenvalue weighted by Crippen LogP contribution is 2.57. The highest BCUT2D eigenvalue weighted by molar-refractivity contribution is 6.23. The van der Waals surface area contributed by atoms with Crippen LogP contribution in [-0.2, 0) is 9.59 Å². The Morgan fingerprint density at radius 2 is 1.95 bits per heavy atom. The van der Waals surface area contributed by atoms with E-state index in [0.29, 0.717) is 18.0 Å². The number of imide groups is 1. The summed E-state index contributed by atoms with van der Waals surface area (Å²) >= 11 is 0. The maximum atomic E-state index is 12.9. The standard InChI is InChI=1S/C17H17NO3/c1-21-14-6-4-13(5-7-14)18-15(19)10-17(16(18)20)9-11-2-3-12(17)8-11/h2-7,11-12H,8-10H2,1H3.